The summed E-state index contributed by atoms with van der Waals surface area (Å²) in [4.78, 5) is 11.1. The smallest absolute Gasteiger partial charge is 0.235 e. The highest BCUT2D eigenvalue weighted by molar-refractivity contribution is 5.81. The van der Waals surface area contributed by atoms with Gasteiger partial charge in [0.15, 0.2) is 0 Å². The van der Waals surface area contributed by atoms with Crippen LogP contribution in [0, 0.1) is 0 Å². The number of carbonyl (C=O) groups excluding carboxylic acids is 1. The second-order valence-electron chi connectivity index (χ2n) is 3.64. The van der Waals surface area contributed by atoms with E-state index in [2.05, 4.69) is 5.32 Å². The minimum atomic E-state index is -0.253. The van der Waals surface area contributed by atoms with Crippen LogP contribution < -0.4 is 11.1 Å². The molecule has 1 fully saturated rings. The van der Waals surface area contributed by atoms with Crippen molar-refractivity contribution in [2.24, 2.45) is 5.73 Å². The van der Waals surface area contributed by atoms with E-state index < -0.39 is 0 Å². The standard InChI is InChI=1S/C11H14N2O/c12-11(14)10-9(6-7-13-10)8-4-2-1-3-5-8/h1-5,9-10,13H,6-7H2,(H2,12,14)/t9-,10+/m1/s1. The molecule has 0 aliphatic carbocycles. The van der Waals surface area contributed by atoms with Crippen LogP contribution in [0.4, 0.5) is 0 Å². The Morgan fingerprint density at radius 1 is 1.36 bits per heavy atom. The van der Waals surface area contributed by atoms with Crippen molar-refractivity contribution in [3.05, 3.63) is 35.9 Å². The zero-order valence-electron chi connectivity index (χ0n) is 7.94. The molecule has 1 aromatic carbocycles. The van der Waals surface area contributed by atoms with E-state index in [0.29, 0.717) is 0 Å². The van der Waals surface area contributed by atoms with Gasteiger partial charge < -0.3 is 11.1 Å². The molecule has 0 unspecified atom stereocenters. The highest BCUT2D eigenvalue weighted by atomic mass is 16.1. The van der Waals surface area contributed by atoms with Crippen LogP contribution in [-0.4, -0.2) is 18.5 Å². The molecule has 3 N–H and O–H groups in total. The molecular formula is C11H14N2O. The molecule has 1 heterocycles. The van der Waals surface area contributed by atoms with Gasteiger partial charge in [0.1, 0.15) is 0 Å². The number of nitrogens with one attached hydrogen (secondary N) is 1. The maximum absolute atomic E-state index is 11.1. The van der Waals surface area contributed by atoms with Crippen LogP contribution in [0.3, 0.4) is 0 Å². The first-order valence-electron chi connectivity index (χ1n) is 4.86. The summed E-state index contributed by atoms with van der Waals surface area (Å²) in [6.07, 6.45) is 0.984. The van der Waals surface area contributed by atoms with Crippen LogP contribution in [-0.2, 0) is 4.79 Å². The van der Waals surface area contributed by atoms with Crippen molar-refractivity contribution in [1.29, 1.82) is 0 Å². The number of hydrogen-bond donors (Lipinski definition) is 2. The first-order chi connectivity index (χ1) is 6.79. The fourth-order valence-electron chi connectivity index (χ4n) is 2.06. The second kappa shape index (κ2) is 3.80. The van der Waals surface area contributed by atoms with Gasteiger partial charge in [-0.05, 0) is 18.5 Å². The normalized spacial score (nSPS) is 26.3. The fraction of sp³-hybridized carbons (Fsp3) is 0.364. The monoisotopic (exact) mass is 190 g/mol. The van der Waals surface area contributed by atoms with Crippen molar-refractivity contribution in [2.45, 2.75) is 18.4 Å². The van der Waals surface area contributed by atoms with Crippen molar-refractivity contribution in [1.82, 2.24) is 5.32 Å². The Morgan fingerprint density at radius 2 is 2.07 bits per heavy atom. The van der Waals surface area contributed by atoms with Crippen LogP contribution in [0.25, 0.3) is 0 Å². The summed E-state index contributed by atoms with van der Waals surface area (Å²) in [5.74, 6) is -0.00921. The van der Waals surface area contributed by atoms with Crippen LogP contribution in [0.2, 0.25) is 0 Å². The zero-order chi connectivity index (χ0) is 9.97. The number of benzene rings is 1. The summed E-state index contributed by atoms with van der Waals surface area (Å²) in [5.41, 5.74) is 6.52. The van der Waals surface area contributed by atoms with Gasteiger partial charge in [0.05, 0.1) is 6.04 Å². The molecule has 1 amide bonds. The molecule has 3 heteroatoms. The lowest BCUT2D eigenvalue weighted by Gasteiger charge is -2.16. The van der Waals surface area contributed by atoms with Crippen molar-refractivity contribution in [2.75, 3.05) is 6.54 Å². The van der Waals surface area contributed by atoms with Gasteiger partial charge in [0, 0.05) is 5.92 Å². The molecule has 0 bridgehead atoms. The largest absolute Gasteiger partial charge is 0.368 e. The van der Waals surface area contributed by atoms with E-state index in [1.165, 1.54) is 5.56 Å². The third-order valence-corrected chi connectivity index (χ3v) is 2.76. The van der Waals surface area contributed by atoms with Gasteiger partial charge >= 0.3 is 0 Å². The van der Waals surface area contributed by atoms with Crippen molar-refractivity contribution in [3.8, 4) is 0 Å². The molecule has 0 spiro atoms. The van der Waals surface area contributed by atoms with Crippen molar-refractivity contribution < 1.29 is 4.79 Å². The first-order valence-corrected chi connectivity index (χ1v) is 4.86. The van der Waals surface area contributed by atoms with E-state index in [9.17, 15) is 4.79 Å². The molecule has 3 nitrogen and oxygen atoms in total. The van der Waals surface area contributed by atoms with Gasteiger partial charge in [-0.3, -0.25) is 4.79 Å². The van der Waals surface area contributed by atoms with Gasteiger partial charge in [-0.1, -0.05) is 30.3 Å². The maximum atomic E-state index is 11.1. The Kier molecular flexibility index (Phi) is 2.50. The lowest BCUT2D eigenvalue weighted by Crippen LogP contribution is -2.39. The Hall–Kier alpha value is -1.35. The van der Waals surface area contributed by atoms with Crippen molar-refractivity contribution >= 4 is 5.91 Å². The van der Waals surface area contributed by atoms with E-state index in [0.717, 1.165) is 13.0 Å². The van der Waals surface area contributed by atoms with Gasteiger partial charge in [0.25, 0.3) is 0 Å². The number of carbonyl (C=O) groups is 1. The molecule has 1 aliphatic rings. The SMILES string of the molecule is NC(=O)[C@H]1NCC[C@@H]1c1ccccc1. The Morgan fingerprint density at radius 3 is 2.71 bits per heavy atom. The minimum Gasteiger partial charge on any atom is -0.368 e. The fourth-order valence-corrected chi connectivity index (χ4v) is 2.06. The summed E-state index contributed by atoms with van der Waals surface area (Å²) in [6, 6.07) is 9.86. The second-order valence-corrected chi connectivity index (χ2v) is 3.64. The van der Waals surface area contributed by atoms with Gasteiger partial charge in [-0.15, -0.1) is 0 Å². The molecule has 1 aromatic rings. The molecule has 2 atom stereocenters. The third kappa shape index (κ3) is 1.63. The number of hydrogen-bond acceptors (Lipinski definition) is 2. The summed E-state index contributed by atoms with van der Waals surface area (Å²) in [7, 11) is 0. The summed E-state index contributed by atoms with van der Waals surface area (Å²) in [6.45, 7) is 0.868. The average Bonchev–Trinajstić information content (AvgIpc) is 2.67. The third-order valence-electron chi connectivity index (χ3n) is 2.76. The molecule has 0 aromatic heterocycles. The van der Waals surface area contributed by atoms with Gasteiger partial charge in [0.2, 0.25) is 5.91 Å². The highest BCUT2D eigenvalue weighted by Crippen LogP contribution is 2.27. The summed E-state index contributed by atoms with van der Waals surface area (Å²) >= 11 is 0. The Labute approximate surface area is 83.3 Å². The van der Waals surface area contributed by atoms with E-state index in [-0.39, 0.29) is 17.9 Å². The predicted octanol–water partition coefficient (Wildman–Crippen LogP) is 0.617. The maximum Gasteiger partial charge on any atom is 0.235 e. The lowest BCUT2D eigenvalue weighted by atomic mass is 9.92. The Balaban J connectivity index is 2.22. The number of amides is 1. The quantitative estimate of drug-likeness (QED) is 0.718. The molecule has 14 heavy (non-hydrogen) atoms. The molecule has 1 aliphatic heterocycles. The van der Waals surface area contributed by atoms with Crippen LogP contribution >= 0.6 is 0 Å². The first kappa shape index (κ1) is 9.21. The highest BCUT2D eigenvalue weighted by Gasteiger charge is 2.31. The summed E-state index contributed by atoms with van der Waals surface area (Å²) < 4.78 is 0. The number of nitrogens with two attached hydrogens (primary N) is 1. The Bertz CT molecular complexity index is 323. The van der Waals surface area contributed by atoms with Gasteiger partial charge in [-0.25, -0.2) is 0 Å². The number of primary amides is 1. The topological polar surface area (TPSA) is 55.1 Å². The number of rotatable bonds is 2. The molecular weight excluding hydrogens is 176 g/mol. The molecule has 74 valence electrons. The van der Waals surface area contributed by atoms with Crippen molar-refractivity contribution in [3.63, 3.8) is 0 Å². The molecule has 1 saturated heterocycles. The van der Waals surface area contributed by atoms with E-state index in [1.54, 1.807) is 0 Å². The molecule has 0 radical (unpaired) electrons. The molecule has 2 rings (SSSR count). The van der Waals surface area contributed by atoms with E-state index >= 15 is 0 Å². The van der Waals surface area contributed by atoms with E-state index in [1.807, 2.05) is 30.3 Å². The van der Waals surface area contributed by atoms with E-state index in [4.69, 9.17) is 5.73 Å². The predicted molar refractivity (Wildman–Crippen MR) is 54.8 cm³/mol. The average molecular weight is 190 g/mol. The minimum absolute atomic E-state index is 0.197. The van der Waals surface area contributed by atoms with Gasteiger partial charge in [-0.2, -0.15) is 0 Å². The lowest BCUT2D eigenvalue weighted by molar-refractivity contribution is -0.119. The zero-order valence-corrected chi connectivity index (χ0v) is 7.94. The van der Waals surface area contributed by atoms with Crippen LogP contribution in [0.1, 0.15) is 17.9 Å². The molecule has 0 saturated carbocycles. The summed E-state index contributed by atoms with van der Waals surface area (Å²) in [5, 5.41) is 3.13. The van der Waals surface area contributed by atoms with Crippen LogP contribution in [0.15, 0.2) is 30.3 Å². The van der Waals surface area contributed by atoms with Crippen LogP contribution in [0.5, 0.6) is 0 Å².